The Morgan fingerprint density at radius 3 is 0.856 bits per heavy atom. The van der Waals surface area contributed by atoms with Crippen molar-refractivity contribution in [2.75, 3.05) is 0 Å². The Bertz CT molecular complexity index is 7470. The van der Waals surface area contributed by atoms with Crippen molar-refractivity contribution in [3.8, 4) is 124 Å². The van der Waals surface area contributed by atoms with Gasteiger partial charge in [-0.1, -0.05) is 380 Å². The molecule has 2 aliphatic rings. The summed E-state index contributed by atoms with van der Waals surface area (Å²) < 4.78 is 0. The molecular weight excluding hydrogens is 1430 g/mol. The summed E-state index contributed by atoms with van der Waals surface area (Å²) in [6, 6.07) is 142. The van der Waals surface area contributed by atoms with E-state index in [1.165, 1.54) is 121 Å². The fourth-order valence-corrected chi connectivity index (χ4v) is 18.1. The van der Waals surface area contributed by atoms with Gasteiger partial charge in [0.15, 0.2) is 17.5 Å². The number of hydrogen-bond acceptors (Lipinski definition) is 6. The third-order valence-corrected chi connectivity index (χ3v) is 24.3. The van der Waals surface area contributed by atoms with Crippen LogP contribution in [0.3, 0.4) is 0 Å². The maximum atomic E-state index is 5.20. The van der Waals surface area contributed by atoms with E-state index >= 15 is 0 Å². The summed E-state index contributed by atoms with van der Waals surface area (Å²) >= 11 is 0. The molecular formula is C112H78N6. The van der Waals surface area contributed by atoms with Gasteiger partial charge in [-0.15, -0.1) is 0 Å². The third-order valence-electron chi connectivity index (χ3n) is 24.3. The van der Waals surface area contributed by atoms with Gasteiger partial charge in [-0.25, -0.2) is 29.9 Å². The molecule has 2 aliphatic carbocycles. The molecule has 556 valence electrons. The molecule has 0 amide bonds. The van der Waals surface area contributed by atoms with Crippen molar-refractivity contribution in [3.63, 3.8) is 0 Å². The molecule has 0 aliphatic heterocycles. The molecule has 0 spiro atoms. The zero-order chi connectivity index (χ0) is 79.0. The lowest BCUT2D eigenvalue weighted by Gasteiger charge is -2.22. The highest BCUT2D eigenvalue weighted by molar-refractivity contribution is 6.26. The van der Waals surface area contributed by atoms with Crippen LogP contribution in [0, 0.1) is 0 Å². The predicted octanol–water partition coefficient (Wildman–Crippen LogP) is 29.1. The van der Waals surface area contributed by atoms with Gasteiger partial charge in [-0.05, 0) is 170 Å². The first kappa shape index (κ1) is 70.9. The highest BCUT2D eigenvalue weighted by atomic mass is 14.9. The highest BCUT2D eigenvalue weighted by Crippen LogP contribution is 2.53. The average molecular weight is 1510 g/mol. The maximum absolute atomic E-state index is 5.20. The quantitative estimate of drug-likeness (QED) is 0.134. The molecule has 0 radical (unpaired) electrons. The SMILES string of the molecule is CC1(C)c2cc(-c3nc(-c4ccc(-c5ccccc5)cc4)nc4ccccc34)ccc2-c2cc3ccccc3cc21.CC1(C)c2ccccc2-c2ccc(-c3nc(-c4ccc(-c5ccccc5)cc4)nc4ccccc34)cc21.c1ccc(-c2ccc(-c3nc(-c4ccc5c6ccccc6c6ccccc6c5c4)c4ccccc4n3)cc2)cc1. The van der Waals surface area contributed by atoms with Crippen LogP contribution < -0.4 is 0 Å². The minimum absolute atomic E-state index is 0.0547. The van der Waals surface area contributed by atoms with Crippen molar-refractivity contribution in [3.05, 3.63) is 423 Å². The van der Waals surface area contributed by atoms with Crippen LogP contribution in [0.2, 0.25) is 0 Å². The summed E-state index contributed by atoms with van der Waals surface area (Å²) in [6.45, 7) is 9.32. The van der Waals surface area contributed by atoms with Gasteiger partial charge >= 0.3 is 0 Å². The molecule has 3 aromatic heterocycles. The van der Waals surface area contributed by atoms with Gasteiger partial charge < -0.3 is 0 Å². The second-order valence-electron chi connectivity index (χ2n) is 32.0. The normalized spacial score (nSPS) is 12.7. The van der Waals surface area contributed by atoms with Gasteiger partial charge in [-0.2, -0.15) is 0 Å². The standard InChI is InChI=1S/C39H28N2.C38H24N2.C35H26N2/c1-39(2)34-24-30(20-21-31(34)33-22-28-12-6-7-13-29(28)23-35(33)39)37-32-14-8-9-15-36(32)40-38(41-37)27-18-16-26(17-19-27)25-10-4-3-5-11-25;1-2-10-25(11-3-1)26-18-20-27(21-19-26)38-39-36-17-9-8-16-34(36)37(40-38)28-22-23-33-31-14-5-4-12-29(31)30-13-6-7-15-32(30)35(33)24-28;1-35(2)30-14-8-6-12-27(30)28-21-20-26(22-31(28)35)33-29-13-7-9-15-32(29)36-34(37-33)25-18-16-24(17-19-25)23-10-4-3-5-11-23/h3-24H,1-2H3;1-24H;3-22H,1-2H3. The Labute approximate surface area is 685 Å². The fraction of sp³-hybridized carbons (Fsp3) is 0.0536. The minimum Gasteiger partial charge on any atom is -0.228 e. The van der Waals surface area contributed by atoms with Crippen molar-refractivity contribution in [1.82, 2.24) is 29.9 Å². The number of para-hydroxylation sites is 3. The van der Waals surface area contributed by atoms with Crippen molar-refractivity contribution in [2.45, 2.75) is 38.5 Å². The van der Waals surface area contributed by atoms with Gasteiger partial charge in [0.1, 0.15) is 0 Å². The van der Waals surface area contributed by atoms with E-state index in [0.29, 0.717) is 0 Å². The first-order valence-electron chi connectivity index (χ1n) is 40.5. The molecule has 118 heavy (non-hydrogen) atoms. The number of fused-ring (bicyclic) bond motifs is 16. The van der Waals surface area contributed by atoms with E-state index < -0.39 is 0 Å². The molecule has 6 heteroatoms. The molecule has 3 heterocycles. The Morgan fingerprint density at radius 2 is 0.432 bits per heavy atom. The summed E-state index contributed by atoms with van der Waals surface area (Å²) in [5.74, 6) is 2.22. The monoisotopic (exact) mass is 1510 g/mol. The number of nitrogens with zero attached hydrogens (tertiary/aromatic N) is 6. The second-order valence-corrected chi connectivity index (χ2v) is 32.0. The molecule has 0 saturated heterocycles. The van der Waals surface area contributed by atoms with E-state index in [4.69, 9.17) is 29.9 Å². The van der Waals surface area contributed by atoms with Gasteiger partial charge in [0.05, 0.1) is 33.6 Å². The van der Waals surface area contributed by atoms with Crippen LogP contribution in [0.25, 0.3) is 199 Å². The first-order chi connectivity index (χ1) is 58.0. The molecule has 0 unspecified atom stereocenters. The number of benzene rings is 18. The lowest BCUT2D eigenvalue weighted by atomic mass is 9.81. The molecule has 0 bridgehead atoms. The van der Waals surface area contributed by atoms with E-state index in [-0.39, 0.29) is 10.8 Å². The lowest BCUT2D eigenvalue weighted by molar-refractivity contribution is 0.660. The van der Waals surface area contributed by atoms with Crippen molar-refractivity contribution >= 4 is 75.8 Å². The minimum atomic E-state index is -0.107. The smallest absolute Gasteiger partial charge is 0.160 e. The molecule has 0 atom stereocenters. The summed E-state index contributed by atoms with van der Waals surface area (Å²) in [4.78, 5) is 30.5. The highest BCUT2D eigenvalue weighted by Gasteiger charge is 2.38. The van der Waals surface area contributed by atoms with Crippen LogP contribution in [0.4, 0.5) is 0 Å². The molecule has 23 rings (SSSR count). The molecule has 6 nitrogen and oxygen atoms in total. The predicted molar refractivity (Wildman–Crippen MR) is 493 cm³/mol. The fourth-order valence-electron chi connectivity index (χ4n) is 18.1. The maximum Gasteiger partial charge on any atom is 0.160 e. The van der Waals surface area contributed by atoms with Crippen molar-refractivity contribution in [2.24, 2.45) is 0 Å². The number of hydrogen-bond donors (Lipinski definition) is 0. The van der Waals surface area contributed by atoms with Crippen LogP contribution in [0.15, 0.2) is 400 Å². The van der Waals surface area contributed by atoms with Crippen LogP contribution >= 0.6 is 0 Å². The van der Waals surface area contributed by atoms with E-state index in [2.05, 4.69) is 398 Å². The average Bonchev–Trinajstić information content (AvgIpc) is 0.844. The first-order valence-corrected chi connectivity index (χ1v) is 40.5. The number of aromatic nitrogens is 6. The van der Waals surface area contributed by atoms with Gasteiger partial charge in [-0.3, -0.25) is 0 Å². The van der Waals surface area contributed by atoms with Crippen LogP contribution in [0.1, 0.15) is 49.9 Å². The Morgan fingerprint density at radius 1 is 0.161 bits per heavy atom. The topological polar surface area (TPSA) is 77.3 Å². The van der Waals surface area contributed by atoms with E-state index in [0.717, 1.165) is 101 Å². The Hall–Kier alpha value is -15.0. The van der Waals surface area contributed by atoms with Crippen molar-refractivity contribution < 1.29 is 0 Å². The van der Waals surface area contributed by atoms with E-state index in [1.54, 1.807) is 0 Å². The molecule has 0 N–H and O–H groups in total. The summed E-state index contributed by atoms with van der Waals surface area (Å²) in [7, 11) is 0. The Balaban J connectivity index is 0.000000110. The van der Waals surface area contributed by atoms with E-state index in [9.17, 15) is 0 Å². The van der Waals surface area contributed by atoms with Crippen molar-refractivity contribution in [1.29, 1.82) is 0 Å². The molecule has 21 aromatic rings. The molecule has 0 fully saturated rings. The van der Waals surface area contributed by atoms with Gasteiger partial charge in [0.25, 0.3) is 0 Å². The third kappa shape index (κ3) is 12.6. The molecule has 0 saturated carbocycles. The van der Waals surface area contributed by atoms with Gasteiger partial charge in [0.2, 0.25) is 0 Å². The van der Waals surface area contributed by atoms with E-state index in [1.807, 2.05) is 30.3 Å². The summed E-state index contributed by atoms with van der Waals surface area (Å²) in [5, 5.41) is 13.3. The van der Waals surface area contributed by atoms with Crippen LogP contribution in [-0.4, -0.2) is 29.9 Å². The van der Waals surface area contributed by atoms with Gasteiger partial charge in [0, 0.05) is 60.4 Å². The summed E-state index contributed by atoms with van der Waals surface area (Å²) in [6.07, 6.45) is 0. The Kier molecular flexibility index (Phi) is 17.5. The number of rotatable bonds is 9. The largest absolute Gasteiger partial charge is 0.228 e. The second kappa shape index (κ2) is 29.1. The zero-order valence-electron chi connectivity index (χ0n) is 65.8. The lowest BCUT2D eigenvalue weighted by Crippen LogP contribution is -2.15. The molecule has 18 aromatic carbocycles. The zero-order valence-corrected chi connectivity index (χ0v) is 65.8. The van der Waals surface area contributed by atoms with Crippen LogP contribution in [0.5, 0.6) is 0 Å². The van der Waals surface area contributed by atoms with Crippen LogP contribution in [-0.2, 0) is 10.8 Å². The summed E-state index contributed by atoms with van der Waals surface area (Å²) in [5.41, 5.74) is 29.9.